The van der Waals surface area contributed by atoms with Crippen LogP contribution in [0.5, 0.6) is 5.75 Å². The highest BCUT2D eigenvalue weighted by Gasteiger charge is 2.15. The lowest BCUT2D eigenvalue weighted by atomic mass is 9.99. The number of hydrogen-bond acceptors (Lipinski definition) is 2. The standard InChI is InChI=1S/C15H15F2NO/c1-19-14-8-4-5-10(15(14)17)9-13(18)11-6-2-3-7-12(11)16/h2-8,13H,9,18H2,1H3. The second kappa shape index (κ2) is 5.80. The van der Waals surface area contributed by atoms with Crippen molar-refractivity contribution in [2.75, 3.05) is 7.11 Å². The summed E-state index contributed by atoms with van der Waals surface area (Å²) in [5, 5.41) is 0. The smallest absolute Gasteiger partial charge is 0.168 e. The van der Waals surface area contributed by atoms with Crippen molar-refractivity contribution in [3.05, 3.63) is 65.2 Å². The molecule has 0 heterocycles. The minimum Gasteiger partial charge on any atom is -0.494 e. The Balaban J connectivity index is 2.24. The molecular weight excluding hydrogens is 248 g/mol. The van der Waals surface area contributed by atoms with Crippen LogP contribution in [0.3, 0.4) is 0 Å². The van der Waals surface area contributed by atoms with Crippen LogP contribution in [-0.4, -0.2) is 7.11 Å². The summed E-state index contributed by atoms with van der Waals surface area (Å²) in [5.41, 5.74) is 6.73. The molecule has 0 spiro atoms. The van der Waals surface area contributed by atoms with Crippen LogP contribution < -0.4 is 10.5 Å². The first-order valence-corrected chi connectivity index (χ1v) is 5.95. The van der Waals surface area contributed by atoms with Gasteiger partial charge in [0.05, 0.1) is 7.11 Å². The first kappa shape index (κ1) is 13.5. The second-order valence-corrected chi connectivity index (χ2v) is 4.27. The third kappa shape index (κ3) is 2.90. The predicted molar refractivity (Wildman–Crippen MR) is 70.0 cm³/mol. The Labute approximate surface area is 110 Å². The molecule has 0 amide bonds. The van der Waals surface area contributed by atoms with E-state index in [-0.39, 0.29) is 18.0 Å². The lowest BCUT2D eigenvalue weighted by Crippen LogP contribution is -2.15. The van der Waals surface area contributed by atoms with Gasteiger partial charge in [-0.05, 0) is 24.1 Å². The normalized spacial score (nSPS) is 12.2. The molecule has 0 saturated heterocycles. The molecule has 19 heavy (non-hydrogen) atoms. The molecule has 4 heteroatoms. The lowest BCUT2D eigenvalue weighted by Gasteiger charge is -2.14. The summed E-state index contributed by atoms with van der Waals surface area (Å²) in [4.78, 5) is 0. The van der Waals surface area contributed by atoms with Gasteiger partial charge in [-0.15, -0.1) is 0 Å². The Morgan fingerprint density at radius 2 is 1.84 bits per heavy atom. The molecule has 0 bridgehead atoms. The molecule has 2 N–H and O–H groups in total. The minimum absolute atomic E-state index is 0.165. The van der Waals surface area contributed by atoms with E-state index in [1.165, 1.54) is 19.2 Å². The maximum Gasteiger partial charge on any atom is 0.168 e. The molecule has 0 aromatic heterocycles. The zero-order valence-corrected chi connectivity index (χ0v) is 10.6. The molecule has 0 aliphatic rings. The molecule has 2 nitrogen and oxygen atoms in total. The van der Waals surface area contributed by atoms with Gasteiger partial charge in [0, 0.05) is 11.6 Å². The molecule has 0 fully saturated rings. The maximum atomic E-state index is 14.0. The fourth-order valence-corrected chi connectivity index (χ4v) is 1.99. The van der Waals surface area contributed by atoms with E-state index >= 15 is 0 Å². The highest BCUT2D eigenvalue weighted by molar-refractivity contribution is 5.33. The van der Waals surface area contributed by atoms with Crippen molar-refractivity contribution >= 4 is 0 Å². The quantitative estimate of drug-likeness (QED) is 0.919. The van der Waals surface area contributed by atoms with Crippen molar-refractivity contribution in [1.29, 1.82) is 0 Å². The highest BCUT2D eigenvalue weighted by atomic mass is 19.1. The van der Waals surface area contributed by atoms with Crippen LogP contribution in [0.4, 0.5) is 8.78 Å². The molecule has 2 aromatic rings. The molecule has 0 aliphatic heterocycles. The zero-order valence-electron chi connectivity index (χ0n) is 10.6. The van der Waals surface area contributed by atoms with Gasteiger partial charge in [0.2, 0.25) is 0 Å². The average molecular weight is 263 g/mol. The first-order chi connectivity index (χ1) is 9.13. The number of ether oxygens (including phenoxy) is 1. The summed E-state index contributed by atoms with van der Waals surface area (Å²) in [6, 6.07) is 10.5. The Hall–Kier alpha value is -1.94. The van der Waals surface area contributed by atoms with Crippen molar-refractivity contribution in [3.8, 4) is 5.75 Å². The largest absolute Gasteiger partial charge is 0.494 e. The van der Waals surface area contributed by atoms with Crippen LogP contribution in [-0.2, 0) is 6.42 Å². The van der Waals surface area contributed by atoms with E-state index < -0.39 is 11.9 Å². The van der Waals surface area contributed by atoms with E-state index in [1.807, 2.05) is 0 Å². The third-order valence-corrected chi connectivity index (χ3v) is 3.01. The van der Waals surface area contributed by atoms with E-state index in [0.717, 1.165) is 0 Å². The summed E-state index contributed by atoms with van der Waals surface area (Å²) in [7, 11) is 1.40. The van der Waals surface area contributed by atoms with Crippen molar-refractivity contribution in [1.82, 2.24) is 0 Å². The van der Waals surface area contributed by atoms with Crippen molar-refractivity contribution < 1.29 is 13.5 Å². The van der Waals surface area contributed by atoms with Crippen LogP contribution in [0.25, 0.3) is 0 Å². The van der Waals surface area contributed by atoms with Gasteiger partial charge in [0.1, 0.15) is 5.82 Å². The number of methoxy groups -OCH3 is 1. The van der Waals surface area contributed by atoms with Gasteiger partial charge < -0.3 is 10.5 Å². The van der Waals surface area contributed by atoms with Gasteiger partial charge in [0.15, 0.2) is 11.6 Å². The summed E-state index contributed by atoms with van der Waals surface area (Å²) in [5.74, 6) is -0.659. The Morgan fingerprint density at radius 3 is 2.53 bits per heavy atom. The minimum atomic E-state index is -0.595. The molecule has 0 aliphatic carbocycles. The molecule has 1 atom stereocenters. The summed E-state index contributed by atoms with van der Waals surface area (Å²) in [6.45, 7) is 0. The van der Waals surface area contributed by atoms with E-state index in [4.69, 9.17) is 10.5 Å². The van der Waals surface area contributed by atoms with Crippen LogP contribution in [0.1, 0.15) is 17.2 Å². The predicted octanol–water partition coefficient (Wildman–Crippen LogP) is 3.22. The van der Waals surface area contributed by atoms with Gasteiger partial charge >= 0.3 is 0 Å². The lowest BCUT2D eigenvalue weighted by molar-refractivity contribution is 0.383. The van der Waals surface area contributed by atoms with Gasteiger partial charge in [-0.25, -0.2) is 8.78 Å². The van der Waals surface area contributed by atoms with Gasteiger partial charge in [0.25, 0.3) is 0 Å². The molecule has 100 valence electrons. The second-order valence-electron chi connectivity index (χ2n) is 4.27. The van der Waals surface area contributed by atoms with Crippen LogP contribution in [0.15, 0.2) is 42.5 Å². The van der Waals surface area contributed by atoms with Crippen molar-refractivity contribution in [2.45, 2.75) is 12.5 Å². The van der Waals surface area contributed by atoms with E-state index in [2.05, 4.69) is 0 Å². The van der Waals surface area contributed by atoms with E-state index in [0.29, 0.717) is 11.1 Å². The molecule has 2 aromatic carbocycles. The number of benzene rings is 2. The monoisotopic (exact) mass is 263 g/mol. The highest BCUT2D eigenvalue weighted by Crippen LogP contribution is 2.25. The molecule has 0 radical (unpaired) electrons. The zero-order chi connectivity index (χ0) is 13.8. The third-order valence-electron chi connectivity index (χ3n) is 3.01. The number of halogens is 2. The van der Waals surface area contributed by atoms with Crippen molar-refractivity contribution in [2.24, 2.45) is 5.73 Å². The molecule has 2 rings (SSSR count). The van der Waals surface area contributed by atoms with E-state index in [9.17, 15) is 8.78 Å². The van der Waals surface area contributed by atoms with Gasteiger partial charge in [-0.3, -0.25) is 0 Å². The fourth-order valence-electron chi connectivity index (χ4n) is 1.99. The Bertz CT molecular complexity index is 572. The topological polar surface area (TPSA) is 35.2 Å². The summed E-state index contributed by atoms with van der Waals surface area (Å²) < 4.78 is 32.5. The number of hydrogen-bond donors (Lipinski definition) is 1. The van der Waals surface area contributed by atoms with Crippen molar-refractivity contribution in [3.63, 3.8) is 0 Å². The average Bonchev–Trinajstić information content (AvgIpc) is 2.41. The van der Waals surface area contributed by atoms with Crippen LogP contribution in [0, 0.1) is 11.6 Å². The number of nitrogens with two attached hydrogens (primary N) is 1. The fraction of sp³-hybridized carbons (Fsp3) is 0.200. The Kier molecular flexibility index (Phi) is 4.12. The summed E-state index contributed by atoms with van der Waals surface area (Å²) in [6.07, 6.45) is 0.212. The van der Waals surface area contributed by atoms with E-state index in [1.54, 1.807) is 30.3 Å². The van der Waals surface area contributed by atoms with Crippen LogP contribution in [0.2, 0.25) is 0 Å². The van der Waals surface area contributed by atoms with Gasteiger partial charge in [-0.1, -0.05) is 30.3 Å². The SMILES string of the molecule is COc1cccc(CC(N)c2ccccc2F)c1F. The molecule has 1 unspecified atom stereocenters. The molecule has 0 saturated carbocycles. The van der Waals surface area contributed by atoms with Gasteiger partial charge in [-0.2, -0.15) is 0 Å². The Morgan fingerprint density at radius 1 is 1.11 bits per heavy atom. The maximum absolute atomic E-state index is 14.0. The van der Waals surface area contributed by atoms with Crippen LogP contribution >= 0.6 is 0 Å². The first-order valence-electron chi connectivity index (χ1n) is 5.95. The number of rotatable bonds is 4. The molecular formula is C15H15F2NO. The summed E-state index contributed by atoms with van der Waals surface area (Å²) >= 11 is 0.